The van der Waals surface area contributed by atoms with E-state index in [0.717, 1.165) is 16.6 Å². The Bertz CT molecular complexity index is 764. The Labute approximate surface area is 121 Å². The average Bonchev–Trinajstić information content (AvgIpc) is 2.50. The van der Waals surface area contributed by atoms with Crippen LogP contribution in [0, 0.1) is 5.92 Å². The van der Waals surface area contributed by atoms with Gasteiger partial charge in [-0.15, -0.1) is 0 Å². The number of halogens is 1. The van der Waals surface area contributed by atoms with Gasteiger partial charge >= 0.3 is 0 Å². The molecule has 0 saturated carbocycles. The lowest BCUT2D eigenvalue weighted by molar-refractivity contribution is -0.117. The molecule has 0 aliphatic heterocycles. The minimum absolute atomic E-state index is 0.197. The molecule has 4 heteroatoms. The lowest BCUT2D eigenvalue weighted by atomic mass is 9.99. The summed E-state index contributed by atoms with van der Waals surface area (Å²) in [5, 5.41) is 1.05. The maximum absolute atomic E-state index is 13.5. The summed E-state index contributed by atoms with van der Waals surface area (Å²) in [5.41, 5.74) is 1.61. The number of para-hydroxylation sites is 1. The van der Waals surface area contributed by atoms with Gasteiger partial charge in [-0.25, -0.2) is 9.37 Å². The van der Waals surface area contributed by atoms with Crippen LogP contribution in [0.25, 0.3) is 10.9 Å². The molecule has 0 radical (unpaired) electrons. The summed E-state index contributed by atoms with van der Waals surface area (Å²) in [6.45, 7) is 1.73. The summed E-state index contributed by atoms with van der Waals surface area (Å²) in [5.74, 6) is -1.22. The number of carbonyl (C=O) groups is 1. The Hall–Kier alpha value is -2.49. The van der Waals surface area contributed by atoms with Crippen LogP contribution < -0.4 is 0 Å². The number of ketones is 1. The number of hydrogen-bond donors (Lipinski definition) is 0. The topological polar surface area (TPSA) is 39.2 Å². The highest BCUT2D eigenvalue weighted by Crippen LogP contribution is 2.23. The Morgan fingerprint density at radius 3 is 2.81 bits per heavy atom. The molecule has 1 unspecified atom stereocenters. The van der Waals surface area contributed by atoms with Crippen LogP contribution in [0.2, 0.25) is 0 Å². The van der Waals surface area contributed by atoms with Crippen LogP contribution in [0.5, 0.6) is 0 Å². The molecule has 0 spiro atoms. The summed E-state index contributed by atoms with van der Waals surface area (Å²) in [4.78, 5) is 16.0. The number of hydrogen-bond acceptors (Lipinski definition) is 3. The zero-order valence-electron chi connectivity index (χ0n) is 11.5. The van der Waals surface area contributed by atoms with Crippen LogP contribution in [0.3, 0.4) is 0 Å². The molecule has 2 aromatic rings. The van der Waals surface area contributed by atoms with Gasteiger partial charge in [0, 0.05) is 17.5 Å². The molecule has 0 fully saturated rings. The lowest BCUT2D eigenvalue weighted by Gasteiger charge is -2.14. The lowest BCUT2D eigenvalue weighted by Crippen LogP contribution is -2.14. The number of pyridine rings is 1. The molecule has 3 rings (SSSR count). The van der Waals surface area contributed by atoms with E-state index in [-0.39, 0.29) is 18.1 Å². The molecule has 21 heavy (non-hydrogen) atoms. The second-order valence-corrected chi connectivity index (χ2v) is 4.98. The molecule has 1 heterocycles. The first-order valence-corrected chi connectivity index (χ1v) is 6.73. The Morgan fingerprint density at radius 1 is 1.19 bits per heavy atom. The van der Waals surface area contributed by atoms with E-state index in [1.54, 1.807) is 0 Å². The van der Waals surface area contributed by atoms with Gasteiger partial charge in [-0.2, -0.15) is 0 Å². The average molecular weight is 283 g/mol. The SMILES string of the molecule is CC1C(=O)C=C(OCc2ccc3ccccc3n2)C=C1F. The molecule has 0 saturated heterocycles. The van der Waals surface area contributed by atoms with Gasteiger partial charge in [0.1, 0.15) is 18.2 Å². The van der Waals surface area contributed by atoms with E-state index in [9.17, 15) is 9.18 Å². The first kappa shape index (κ1) is 13.5. The Morgan fingerprint density at radius 2 is 2.00 bits per heavy atom. The molecule has 1 atom stereocenters. The van der Waals surface area contributed by atoms with E-state index in [1.165, 1.54) is 19.1 Å². The van der Waals surface area contributed by atoms with Crippen LogP contribution in [0.4, 0.5) is 4.39 Å². The smallest absolute Gasteiger partial charge is 0.168 e. The maximum atomic E-state index is 13.5. The molecule has 1 aliphatic carbocycles. The molecule has 106 valence electrons. The fourth-order valence-corrected chi connectivity index (χ4v) is 2.13. The Balaban J connectivity index is 1.75. The van der Waals surface area contributed by atoms with Crippen LogP contribution in [0.1, 0.15) is 12.6 Å². The van der Waals surface area contributed by atoms with Gasteiger partial charge in [0.15, 0.2) is 5.78 Å². The number of aromatic nitrogens is 1. The van der Waals surface area contributed by atoms with E-state index in [2.05, 4.69) is 4.98 Å². The molecule has 3 nitrogen and oxygen atoms in total. The number of rotatable bonds is 3. The van der Waals surface area contributed by atoms with Gasteiger partial charge < -0.3 is 4.74 Å². The zero-order chi connectivity index (χ0) is 14.8. The molecular formula is C17H14FNO2. The standard InChI is InChI=1S/C17H14FNO2/c1-11-15(18)8-14(9-17(11)20)21-10-13-7-6-12-4-2-3-5-16(12)19-13/h2-9,11H,10H2,1H3. The van der Waals surface area contributed by atoms with Crippen molar-refractivity contribution in [2.45, 2.75) is 13.5 Å². The van der Waals surface area contributed by atoms with Crippen molar-refractivity contribution < 1.29 is 13.9 Å². The van der Waals surface area contributed by atoms with E-state index in [0.29, 0.717) is 0 Å². The van der Waals surface area contributed by atoms with Crippen molar-refractivity contribution in [1.82, 2.24) is 4.98 Å². The van der Waals surface area contributed by atoms with Crippen molar-refractivity contribution in [3.63, 3.8) is 0 Å². The Kier molecular flexibility index (Phi) is 3.52. The quantitative estimate of drug-likeness (QED) is 0.862. The number of nitrogens with zero attached hydrogens (tertiary/aromatic N) is 1. The third kappa shape index (κ3) is 2.84. The van der Waals surface area contributed by atoms with Gasteiger partial charge in [0.2, 0.25) is 0 Å². The van der Waals surface area contributed by atoms with Crippen molar-refractivity contribution >= 4 is 16.7 Å². The highest BCUT2D eigenvalue weighted by Gasteiger charge is 2.22. The molecular weight excluding hydrogens is 269 g/mol. The minimum atomic E-state index is -0.712. The maximum Gasteiger partial charge on any atom is 0.168 e. The van der Waals surface area contributed by atoms with Gasteiger partial charge in [0.25, 0.3) is 0 Å². The van der Waals surface area contributed by atoms with Crippen LogP contribution in [-0.4, -0.2) is 10.8 Å². The minimum Gasteiger partial charge on any atom is -0.487 e. The van der Waals surface area contributed by atoms with E-state index < -0.39 is 11.7 Å². The second kappa shape index (κ2) is 5.48. The van der Waals surface area contributed by atoms with Crippen LogP contribution >= 0.6 is 0 Å². The zero-order valence-corrected chi connectivity index (χ0v) is 11.5. The number of ether oxygens (including phenoxy) is 1. The molecule has 1 aromatic heterocycles. The predicted molar refractivity (Wildman–Crippen MR) is 78.0 cm³/mol. The predicted octanol–water partition coefficient (Wildman–Crippen LogP) is 3.71. The fourth-order valence-electron chi connectivity index (χ4n) is 2.13. The second-order valence-electron chi connectivity index (χ2n) is 4.98. The van der Waals surface area contributed by atoms with Crippen molar-refractivity contribution in [2.24, 2.45) is 5.92 Å². The van der Waals surface area contributed by atoms with E-state index in [4.69, 9.17) is 4.74 Å². The summed E-state index contributed by atoms with van der Waals surface area (Å²) >= 11 is 0. The third-order valence-electron chi connectivity index (χ3n) is 3.45. The van der Waals surface area contributed by atoms with Crippen molar-refractivity contribution in [3.8, 4) is 0 Å². The number of carbonyl (C=O) groups excluding carboxylic acids is 1. The van der Waals surface area contributed by atoms with Gasteiger partial charge in [-0.3, -0.25) is 4.79 Å². The molecule has 0 bridgehead atoms. The highest BCUT2D eigenvalue weighted by molar-refractivity contribution is 5.95. The highest BCUT2D eigenvalue weighted by atomic mass is 19.1. The van der Waals surface area contributed by atoms with E-state index >= 15 is 0 Å². The van der Waals surface area contributed by atoms with Gasteiger partial charge in [0.05, 0.1) is 17.1 Å². The monoisotopic (exact) mass is 283 g/mol. The number of benzene rings is 1. The summed E-state index contributed by atoms with van der Waals surface area (Å²) in [6, 6.07) is 11.6. The number of fused-ring (bicyclic) bond motifs is 1. The normalized spacial score (nSPS) is 18.4. The first-order valence-electron chi connectivity index (χ1n) is 6.73. The van der Waals surface area contributed by atoms with Gasteiger partial charge in [-0.1, -0.05) is 24.3 Å². The van der Waals surface area contributed by atoms with Gasteiger partial charge in [-0.05, 0) is 19.1 Å². The van der Waals surface area contributed by atoms with Crippen molar-refractivity contribution in [2.75, 3.05) is 0 Å². The molecule has 0 N–H and O–H groups in total. The van der Waals surface area contributed by atoms with Crippen molar-refractivity contribution in [1.29, 1.82) is 0 Å². The third-order valence-corrected chi connectivity index (χ3v) is 3.45. The summed E-state index contributed by atoms with van der Waals surface area (Å²) in [6.07, 6.45) is 2.59. The van der Waals surface area contributed by atoms with E-state index in [1.807, 2.05) is 36.4 Å². The molecule has 0 amide bonds. The van der Waals surface area contributed by atoms with Crippen LogP contribution in [-0.2, 0) is 16.1 Å². The largest absolute Gasteiger partial charge is 0.487 e. The first-order chi connectivity index (χ1) is 10.1. The number of allylic oxidation sites excluding steroid dienone is 3. The van der Waals surface area contributed by atoms with Crippen LogP contribution in [0.15, 0.2) is 60.1 Å². The van der Waals surface area contributed by atoms with Crippen molar-refractivity contribution in [3.05, 3.63) is 65.8 Å². The summed E-state index contributed by atoms with van der Waals surface area (Å²) < 4.78 is 19.0. The summed E-state index contributed by atoms with van der Waals surface area (Å²) in [7, 11) is 0. The fraction of sp³-hybridized carbons (Fsp3) is 0.176. The molecule has 1 aliphatic rings. The molecule has 1 aromatic carbocycles.